The van der Waals surface area contributed by atoms with Gasteiger partial charge in [-0.2, -0.15) is 26.8 Å². The molecule has 0 atom stereocenters. The van der Waals surface area contributed by atoms with E-state index in [9.17, 15) is 10.2 Å². The fourth-order valence-corrected chi connectivity index (χ4v) is 0.796. The van der Waals surface area contributed by atoms with Crippen molar-refractivity contribution >= 4 is 0 Å². The standard InChI is InChI=1S/2C5H9O.C5H5.C4H9.Zr/c2*1-2-3-4-5-6;1-2-4-5-3-1;1-4(2)3;/h2*2H,1,3-5H2;1-3H,4H2;1-3H3;/q4*-1;+4. The summed E-state index contributed by atoms with van der Waals surface area (Å²) in [6.07, 6.45) is 16.7. The summed E-state index contributed by atoms with van der Waals surface area (Å²) in [5.41, 5.74) is 0. The second-order valence-corrected chi connectivity index (χ2v) is 4.77. The first kappa shape index (κ1) is 29.7. The van der Waals surface area contributed by atoms with E-state index in [1.54, 1.807) is 12.2 Å². The zero-order chi connectivity index (χ0) is 16.8. The molecule has 124 valence electrons. The Hall–Kier alpha value is -0.237. The van der Waals surface area contributed by atoms with Crippen molar-refractivity contribution < 1.29 is 36.4 Å². The summed E-state index contributed by atoms with van der Waals surface area (Å²) in [6.45, 7) is 13.2. The summed E-state index contributed by atoms with van der Waals surface area (Å²) in [5.74, 6) is 1.42. The van der Waals surface area contributed by atoms with E-state index in [0.29, 0.717) is 0 Å². The van der Waals surface area contributed by atoms with Crippen molar-refractivity contribution in [2.75, 3.05) is 13.2 Å². The summed E-state index contributed by atoms with van der Waals surface area (Å²) in [5, 5.41) is 19.3. The fourth-order valence-electron chi connectivity index (χ4n) is 0.796. The molecule has 1 rings (SSSR count). The van der Waals surface area contributed by atoms with Crippen LogP contribution in [0.25, 0.3) is 0 Å². The first-order valence-electron chi connectivity index (χ1n) is 7.43. The molecule has 3 heteroatoms. The monoisotopic (exact) mass is 382 g/mol. The van der Waals surface area contributed by atoms with Crippen LogP contribution in [-0.4, -0.2) is 13.2 Å². The molecule has 0 unspecified atom stereocenters. The molecule has 1 aliphatic carbocycles. The molecule has 0 fully saturated rings. The largest absolute Gasteiger partial charge is 4.00 e. The number of unbranched alkanes of at least 4 members (excludes halogenated alkanes) is 2. The van der Waals surface area contributed by atoms with Gasteiger partial charge in [0.1, 0.15) is 0 Å². The zero-order valence-corrected chi connectivity index (χ0v) is 17.0. The second-order valence-electron chi connectivity index (χ2n) is 4.77. The molecule has 0 amide bonds. The van der Waals surface area contributed by atoms with Crippen LogP contribution >= 0.6 is 0 Å². The molecule has 1 aliphatic rings. The van der Waals surface area contributed by atoms with E-state index in [-0.39, 0.29) is 39.4 Å². The van der Waals surface area contributed by atoms with Crippen molar-refractivity contribution in [3.05, 3.63) is 55.5 Å². The quantitative estimate of drug-likeness (QED) is 0.400. The molecule has 0 N–H and O–H groups in total. The Kier molecular flexibility index (Phi) is 44.1. The van der Waals surface area contributed by atoms with Gasteiger partial charge >= 0.3 is 26.2 Å². The van der Waals surface area contributed by atoms with Gasteiger partial charge in [-0.3, -0.25) is 6.08 Å². The first-order chi connectivity index (χ1) is 10.1. The van der Waals surface area contributed by atoms with Crippen LogP contribution < -0.4 is 10.2 Å². The molecule has 0 aliphatic heterocycles. The number of allylic oxidation sites excluding steroid dienone is 6. The topological polar surface area (TPSA) is 46.1 Å². The minimum absolute atomic E-state index is 0. The molecular formula is C19H32O2Zr. The Morgan fingerprint density at radius 3 is 1.55 bits per heavy atom. The van der Waals surface area contributed by atoms with Crippen molar-refractivity contribution in [3.8, 4) is 0 Å². The van der Waals surface area contributed by atoms with E-state index in [4.69, 9.17) is 0 Å². The SMILES string of the molecule is C=CCCC[O-].C=CCCC[O-].C[C-](C)C.[C-]1=CC=CC1.[Zr+4]. The van der Waals surface area contributed by atoms with E-state index in [1.165, 1.54) is 5.92 Å². The Labute approximate surface area is 157 Å². The second kappa shape index (κ2) is 32.6. The average Bonchev–Trinajstić information content (AvgIpc) is 3.02. The van der Waals surface area contributed by atoms with Crippen LogP contribution in [0.5, 0.6) is 0 Å². The van der Waals surface area contributed by atoms with Crippen molar-refractivity contribution in [1.82, 2.24) is 0 Å². The van der Waals surface area contributed by atoms with Gasteiger partial charge in [-0.05, 0) is 12.8 Å². The van der Waals surface area contributed by atoms with Crippen LogP contribution in [0.1, 0.15) is 52.9 Å². The van der Waals surface area contributed by atoms with Gasteiger partial charge in [0.15, 0.2) is 0 Å². The smallest absolute Gasteiger partial charge is 0.854 e. The van der Waals surface area contributed by atoms with Crippen molar-refractivity contribution in [2.24, 2.45) is 0 Å². The van der Waals surface area contributed by atoms with Gasteiger partial charge in [0.05, 0.1) is 0 Å². The van der Waals surface area contributed by atoms with Crippen LogP contribution in [0.2, 0.25) is 0 Å². The van der Waals surface area contributed by atoms with E-state index < -0.39 is 0 Å². The molecule has 2 nitrogen and oxygen atoms in total. The van der Waals surface area contributed by atoms with Crippen molar-refractivity contribution in [1.29, 1.82) is 0 Å². The molecule has 0 bridgehead atoms. The number of hydrogen-bond donors (Lipinski definition) is 0. The first-order valence-corrected chi connectivity index (χ1v) is 7.43. The van der Waals surface area contributed by atoms with Crippen LogP contribution in [0.3, 0.4) is 0 Å². The van der Waals surface area contributed by atoms with Crippen LogP contribution in [-0.2, 0) is 26.2 Å². The Bertz CT molecular complexity index is 221. The van der Waals surface area contributed by atoms with Gasteiger partial charge < -0.3 is 16.1 Å². The van der Waals surface area contributed by atoms with Gasteiger partial charge in [0, 0.05) is 0 Å². The molecule has 0 saturated heterocycles. The maximum absolute atomic E-state index is 9.64. The molecule has 0 aromatic heterocycles. The Balaban J connectivity index is -0.0000000977. The van der Waals surface area contributed by atoms with Crippen LogP contribution in [0, 0.1) is 12.0 Å². The molecular weight excluding hydrogens is 351 g/mol. The summed E-state index contributed by atoms with van der Waals surface area (Å²) in [6, 6.07) is 0. The van der Waals surface area contributed by atoms with Gasteiger partial charge in [-0.1, -0.05) is 25.0 Å². The third-order valence-corrected chi connectivity index (χ3v) is 1.69. The predicted molar refractivity (Wildman–Crippen MR) is 90.4 cm³/mol. The van der Waals surface area contributed by atoms with Gasteiger partial charge in [-0.25, -0.2) is 12.2 Å². The van der Waals surface area contributed by atoms with Crippen LogP contribution in [0.15, 0.2) is 43.5 Å². The average molecular weight is 384 g/mol. The molecule has 0 saturated carbocycles. The third kappa shape index (κ3) is 60.1. The van der Waals surface area contributed by atoms with E-state index >= 15 is 0 Å². The number of rotatable bonds is 6. The zero-order valence-electron chi connectivity index (χ0n) is 14.6. The summed E-state index contributed by atoms with van der Waals surface area (Å²) < 4.78 is 0. The minimum Gasteiger partial charge on any atom is -0.854 e. The summed E-state index contributed by atoms with van der Waals surface area (Å²) >= 11 is 0. The molecule has 0 heterocycles. The maximum Gasteiger partial charge on any atom is 4.00 e. The summed E-state index contributed by atoms with van der Waals surface area (Å²) in [4.78, 5) is 0. The van der Waals surface area contributed by atoms with Crippen LogP contribution in [0.4, 0.5) is 0 Å². The maximum atomic E-state index is 9.64. The van der Waals surface area contributed by atoms with Gasteiger partial charge in [0.2, 0.25) is 0 Å². The van der Waals surface area contributed by atoms with Gasteiger partial charge in [0.25, 0.3) is 0 Å². The molecule has 0 radical (unpaired) electrons. The summed E-state index contributed by atoms with van der Waals surface area (Å²) in [7, 11) is 0. The van der Waals surface area contributed by atoms with E-state index in [2.05, 4.69) is 46.1 Å². The van der Waals surface area contributed by atoms with E-state index in [1.807, 2.05) is 12.2 Å². The van der Waals surface area contributed by atoms with Crippen molar-refractivity contribution in [3.63, 3.8) is 0 Å². The Morgan fingerprint density at radius 1 is 1.05 bits per heavy atom. The fraction of sp³-hybridized carbons (Fsp3) is 0.526. The molecule has 0 aromatic carbocycles. The third-order valence-electron chi connectivity index (χ3n) is 1.69. The molecule has 0 aromatic rings. The Morgan fingerprint density at radius 2 is 1.45 bits per heavy atom. The number of hydrogen-bond acceptors (Lipinski definition) is 2. The van der Waals surface area contributed by atoms with E-state index in [0.717, 1.165) is 32.1 Å². The molecule has 0 spiro atoms. The predicted octanol–water partition coefficient (Wildman–Crippen LogP) is 3.55. The normalized spacial score (nSPS) is 10.1. The minimum atomic E-state index is 0. The van der Waals surface area contributed by atoms with Gasteiger partial charge in [-0.15, -0.1) is 32.8 Å². The van der Waals surface area contributed by atoms with Crippen molar-refractivity contribution in [2.45, 2.75) is 52.9 Å². The molecule has 22 heavy (non-hydrogen) atoms.